The Morgan fingerprint density at radius 1 is 1.02 bits per heavy atom. The van der Waals surface area contributed by atoms with Gasteiger partial charge in [-0.05, 0) is 67.3 Å². The number of nitrogens with zero attached hydrogens (tertiary/aromatic N) is 1. The summed E-state index contributed by atoms with van der Waals surface area (Å²) in [7, 11) is 1.39. The van der Waals surface area contributed by atoms with Crippen LogP contribution < -0.4 is 10.6 Å². The molecule has 2 N–H and O–H groups in total. The van der Waals surface area contributed by atoms with E-state index in [1.165, 1.54) is 25.3 Å². The first-order valence-corrected chi connectivity index (χ1v) is 14.0. The van der Waals surface area contributed by atoms with E-state index in [0.717, 1.165) is 31.2 Å². The van der Waals surface area contributed by atoms with Crippen molar-refractivity contribution in [3.63, 3.8) is 0 Å². The lowest BCUT2D eigenvalue weighted by molar-refractivity contribution is -0.153. The summed E-state index contributed by atoms with van der Waals surface area (Å²) in [6.45, 7) is -0.246. The molecule has 1 fully saturated rings. The van der Waals surface area contributed by atoms with Gasteiger partial charge in [0.25, 0.3) is 5.91 Å². The van der Waals surface area contributed by atoms with E-state index in [1.54, 1.807) is 12.1 Å². The maximum Gasteiger partial charge on any atom is 0.452 e. The molecule has 42 heavy (non-hydrogen) atoms. The van der Waals surface area contributed by atoms with Gasteiger partial charge >= 0.3 is 12.1 Å². The first-order chi connectivity index (χ1) is 20.0. The van der Waals surface area contributed by atoms with Gasteiger partial charge in [0.1, 0.15) is 0 Å². The van der Waals surface area contributed by atoms with Crippen molar-refractivity contribution in [3.8, 4) is 11.5 Å². The molecule has 1 heterocycles. The molecule has 0 unspecified atom stereocenters. The molecule has 1 aliphatic rings. The zero-order valence-electron chi connectivity index (χ0n) is 22.5. The van der Waals surface area contributed by atoms with Crippen molar-refractivity contribution in [1.29, 1.82) is 0 Å². The van der Waals surface area contributed by atoms with Crippen LogP contribution in [0.4, 0.5) is 18.9 Å². The van der Waals surface area contributed by atoms with Gasteiger partial charge in [-0.15, -0.1) is 0 Å². The topological polar surface area (TPSA) is 111 Å². The van der Waals surface area contributed by atoms with E-state index >= 15 is 0 Å². The van der Waals surface area contributed by atoms with Crippen LogP contribution in [0.1, 0.15) is 66.3 Å². The van der Waals surface area contributed by atoms with E-state index in [1.807, 2.05) is 12.1 Å². The summed E-state index contributed by atoms with van der Waals surface area (Å²) in [4.78, 5) is 40.2. The van der Waals surface area contributed by atoms with Crippen LogP contribution in [0.5, 0.6) is 0 Å². The number of benzene rings is 2. The van der Waals surface area contributed by atoms with E-state index < -0.39 is 35.3 Å². The van der Waals surface area contributed by atoms with Gasteiger partial charge in [0, 0.05) is 25.1 Å². The maximum atomic E-state index is 13.6. The SMILES string of the molecule is COC(=O)C[C@H]1CC[C@H](c2ccc(NC(=O)CCNC(=O)c3nc(-c4c(Cl)cccc4Cl)oc3C(F)(F)F)cc2)CC1. The number of hydrogen-bond donors (Lipinski definition) is 2. The number of nitrogens with one attached hydrogen (secondary N) is 2. The highest BCUT2D eigenvalue weighted by atomic mass is 35.5. The molecule has 224 valence electrons. The number of alkyl halides is 3. The molecule has 1 aromatic heterocycles. The second-order valence-corrected chi connectivity index (χ2v) is 10.8. The van der Waals surface area contributed by atoms with Crippen molar-refractivity contribution in [3.05, 3.63) is 69.5 Å². The number of rotatable bonds is 9. The van der Waals surface area contributed by atoms with Crippen LogP contribution in [0.2, 0.25) is 10.0 Å². The third kappa shape index (κ3) is 7.83. The molecule has 0 bridgehead atoms. The minimum Gasteiger partial charge on any atom is -0.469 e. The molecule has 2 aromatic carbocycles. The number of amides is 2. The number of oxazole rings is 1. The monoisotopic (exact) mass is 625 g/mol. The Balaban J connectivity index is 1.30. The third-order valence-corrected chi connectivity index (χ3v) is 7.74. The highest BCUT2D eigenvalue weighted by Crippen LogP contribution is 2.40. The number of methoxy groups -OCH3 is 1. The molecular formula is C29H28Cl2F3N3O5. The van der Waals surface area contributed by atoms with Gasteiger partial charge in [-0.2, -0.15) is 13.2 Å². The summed E-state index contributed by atoms with van der Waals surface area (Å²) >= 11 is 12.1. The van der Waals surface area contributed by atoms with Crippen molar-refractivity contribution in [2.75, 3.05) is 19.0 Å². The quantitative estimate of drug-likeness (QED) is 0.242. The summed E-state index contributed by atoms with van der Waals surface area (Å²) in [5.41, 5.74) is 0.611. The van der Waals surface area contributed by atoms with Crippen LogP contribution in [-0.4, -0.2) is 36.4 Å². The number of anilines is 1. The fraction of sp³-hybridized carbons (Fsp3) is 0.379. The van der Waals surface area contributed by atoms with Gasteiger partial charge in [0.2, 0.25) is 17.6 Å². The molecule has 0 radical (unpaired) electrons. The normalized spacial score (nSPS) is 17.0. The summed E-state index contributed by atoms with van der Waals surface area (Å²) in [5.74, 6) is -3.25. The summed E-state index contributed by atoms with van der Waals surface area (Å²) in [6.07, 6.45) is -0.967. The molecule has 1 saturated carbocycles. The van der Waals surface area contributed by atoms with E-state index in [9.17, 15) is 27.6 Å². The fourth-order valence-corrected chi connectivity index (χ4v) is 5.49. The summed E-state index contributed by atoms with van der Waals surface area (Å²) in [6, 6.07) is 11.7. The van der Waals surface area contributed by atoms with E-state index in [4.69, 9.17) is 32.4 Å². The van der Waals surface area contributed by atoms with Gasteiger partial charge < -0.3 is 19.8 Å². The standard InChI is InChI=1S/C29H28Cl2F3N3O5/c1-41-23(39)15-16-5-7-17(8-6-16)18-9-11-19(12-10-18)36-22(38)13-14-35-27(40)25-26(29(32,33)34)42-28(37-25)24-20(30)3-2-4-21(24)31/h2-4,9-12,16-17H,5-8,13-15H2,1H3,(H,35,40)(H,36,38)/t16-,17-. The molecule has 2 amide bonds. The zero-order valence-corrected chi connectivity index (χ0v) is 24.0. The average Bonchev–Trinajstić information content (AvgIpc) is 3.40. The maximum absolute atomic E-state index is 13.6. The predicted molar refractivity (Wildman–Crippen MR) is 150 cm³/mol. The summed E-state index contributed by atoms with van der Waals surface area (Å²) in [5, 5.41) is 4.98. The average molecular weight is 626 g/mol. The largest absolute Gasteiger partial charge is 0.469 e. The lowest BCUT2D eigenvalue weighted by atomic mass is 9.77. The molecule has 8 nitrogen and oxygen atoms in total. The molecule has 13 heteroatoms. The Hall–Kier alpha value is -3.57. The minimum atomic E-state index is -5.02. The number of carbonyl (C=O) groups is 3. The summed E-state index contributed by atoms with van der Waals surface area (Å²) < 4.78 is 50.4. The number of ether oxygens (including phenoxy) is 1. The highest BCUT2D eigenvalue weighted by Gasteiger charge is 2.42. The Kier molecular flexibility index (Phi) is 10.2. The number of aromatic nitrogens is 1. The van der Waals surface area contributed by atoms with Crippen molar-refractivity contribution >= 4 is 46.7 Å². The van der Waals surface area contributed by atoms with Crippen LogP contribution >= 0.6 is 23.2 Å². The van der Waals surface area contributed by atoms with Gasteiger partial charge in [0.15, 0.2) is 5.69 Å². The Labute approximate surface area is 249 Å². The van der Waals surface area contributed by atoms with Crippen LogP contribution in [0, 0.1) is 5.92 Å². The van der Waals surface area contributed by atoms with Crippen LogP contribution in [0.3, 0.4) is 0 Å². The second-order valence-electron chi connectivity index (χ2n) is 9.97. The van der Waals surface area contributed by atoms with E-state index in [2.05, 4.69) is 15.6 Å². The van der Waals surface area contributed by atoms with Crippen molar-refractivity contribution < 1.29 is 36.7 Å². The van der Waals surface area contributed by atoms with Crippen LogP contribution in [-0.2, 0) is 20.5 Å². The molecule has 3 aromatic rings. The molecule has 4 rings (SSSR count). The van der Waals surface area contributed by atoms with E-state index in [-0.39, 0.29) is 34.5 Å². The molecule has 0 aliphatic heterocycles. The Bertz CT molecular complexity index is 1420. The predicted octanol–water partition coefficient (Wildman–Crippen LogP) is 7.26. The Morgan fingerprint density at radius 2 is 1.67 bits per heavy atom. The third-order valence-electron chi connectivity index (χ3n) is 7.11. The molecule has 0 atom stereocenters. The van der Waals surface area contributed by atoms with Gasteiger partial charge in [-0.1, -0.05) is 41.4 Å². The molecule has 0 spiro atoms. The minimum absolute atomic E-state index is 0.00264. The number of carbonyl (C=O) groups excluding carboxylic acids is 3. The van der Waals surface area contributed by atoms with Gasteiger partial charge in [0.05, 0.1) is 22.7 Å². The van der Waals surface area contributed by atoms with Crippen molar-refractivity contribution in [2.45, 2.75) is 50.6 Å². The smallest absolute Gasteiger partial charge is 0.452 e. The highest BCUT2D eigenvalue weighted by molar-refractivity contribution is 6.38. The fourth-order valence-electron chi connectivity index (χ4n) is 4.93. The van der Waals surface area contributed by atoms with Crippen molar-refractivity contribution in [1.82, 2.24) is 10.3 Å². The Morgan fingerprint density at radius 3 is 2.26 bits per heavy atom. The first kappa shape index (κ1) is 31.4. The van der Waals surface area contributed by atoms with Crippen LogP contribution in [0.25, 0.3) is 11.5 Å². The number of esters is 1. The lowest BCUT2D eigenvalue weighted by Crippen LogP contribution is -2.29. The molecule has 1 aliphatic carbocycles. The van der Waals surface area contributed by atoms with E-state index in [0.29, 0.717) is 23.9 Å². The first-order valence-electron chi connectivity index (χ1n) is 13.2. The van der Waals surface area contributed by atoms with Crippen molar-refractivity contribution in [2.24, 2.45) is 5.92 Å². The molecule has 0 saturated heterocycles. The molecular weight excluding hydrogens is 598 g/mol. The zero-order chi connectivity index (χ0) is 30.4. The number of halogens is 5. The lowest BCUT2D eigenvalue weighted by Gasteiger charge is -2.28. The van der Waals surface area contributed by atoms with Gasteiger partial charge in [-0.25, -0.2) is 4.98 Å². The van der Waals surface area contributed by atoms with Gasteiger partial charge in [-0.3, -0.25) is 14.4 Å². The van der Waals surface area contributed by atoms with Crippen LogP contribution in [0.15, 0.2) is 46.9 Å². The number of hydrogen-bond acceptors (Lipinski definition) is 6. The second kappa shape index (κ2) is 13.6.